The van der Waals surface area contributed by atoms with Gasteiger partial charge in [0, 0.05) is 31.2 Å². The number of nitrogens with zero attached hydrogens (tertiary/aromatic N) is 6. The van der Waals surface area contributed by atoms with E-state index in [-0.39, 0.29) is 18.1 Å². The van der Waals surface area contributed by atoms with E-state index < -0.39 is 10.8 Å². The summed E-state index contributed by atoms with van der Waals surface area (Å²) in [5, 5.41) is 4.65. The average Bonchev–Trinajstić information content (AvgIpc) is 3.27. The number of rotatable bonds is 4. The zero-order valence-electron chi connectivity index (χ0n) is 20.9. The molecule has 2 aliphatic heterocycles. The Hall–Kier alpha value is -3.63. The van der Waals surface area contributed by atoms with Gasteiger partial charge in [-0.15, -0.1) is 0 Å². The molecule has 2 aromatic heterocycles. The van der Waals surface area contributed by atoms with Crippen molar-refractivity contribution in [3.05, 3.63) is 70.1 Å². The number of fused-ring (bicyclic) bond motifs is 3. The molecule has 0 saturated carbocycles. The van der Waals surface area contributed by atoms with Crippen LogP contribution in [-0.4, -0.2) is 48.4 Å². The largest absolute Gasteiger partial charge is 0.341 e. The smallest absolute Gasteiger partial charge is 0.293 e. The van der Waals surface area contributed by atoms with Crippen molar-refractivity contribution in [2.75, 3.05) is 18.0 Å². The van der Waals surface area contributed by atoms with Crippen molar-refractivity contribution in [2.45, 2.75) is 55.6 Å². The molecule has 190 valence electrons. The van der Waals surface area contributed by atoms with Crippen molar-refractivity contribution in [3.8, 4) is 0 Å². The number of para-hydroxylation sites is 1. The molecule has 0 spiro atoms. The van der Waals surface area contributed by atoms with E-state index in [2.05, 4.69) is 10.00 Å². The molecule has 0 aliphatic carbocycles. The molecule has 0 radical (unpaired) electrons. The van der Waals surface area contributed by atoms with Crippen LogP contribution >= 0.6 is 0 Å². The average molecular weight is 516 g/mol. The van der Waals surface area contributed by atoms with E-state index in [0.29, 0.717) is 51.0 Å². The minimum atomic E-state index is -1.38. The minimum Gasteiger partial charge on any atom is -0.341 e. The van der Waals surface area contributed by atoms with Crippen LogP contribution in [0, 0.1) is 6.92 Å². The van der Waals surface area contributed by atoms with E-state index in [4.69, 9.17) is 15.7 Å². The predicted molar refractivity (Wildman–Crippen MR) is 145 cm³/mol. The number of aromatic nitrogens is 4. The molecule has 9 nitrogen and oxygen atoms in total. The molecule has 2 atom stereocenters. The van der Waals surface area contributed by atoms with Gasteiger partial charge in [-0.3, -0.25) is 4.79 Å². The van der Waals surface area contributed by atoms with E-state index in [0.717, 1.165) is 30.9 Å². The first kappa shape index (κ1) is 23.7. The maximum absolute atomic E-state index is 13.9. The maximum Gasteiger partial charge on any atom is 0.293 e. The second kappa shape index (κ2) is 9.35. The number of imidazole rings is 1. The second-order valence-corrected chi connectivity index (χ2v) is 11.0. The van der Waals surface area contributed by atoms with Crippen LogP contribution in [0.25, 0.3) is 11.0 Å². The summed E-state index contributed by atoms with van der Waals surface area (Å²) in [4.78, 5) is 27.2. The molecule has 2 aromatic carbocycles. The van der Waals surface area contributed by atoms with Crippen LogP contribution in [0.15, 0.2) is 68.1 Å². The van der Waals surface area contributed by atoms with Crippen LogP contribution < -0.4 is 16.2 Å². The fraction of sp³-hybridized carbons (Fsp3) is 0.333. The first-order valence-electron chi connectivity index (χ1n) is 12.6. The van der Waals surface area contributed by atoms with Gasteiger partial charge in [0.15, 0.2) is 0 Å². The van der Waals surface area contributed by atoms with Gasteiger partial charge < -0.3 is 15.2 Å². The molecule has 2 N–H and O–H groups in total. The van der Waals surface area contributed by atoms with Crippen LogP contribution in [0.3, 0.4) is 0 Å². The molecule has 1 fully saturated rings. The van der Waals surface area contributed by atoms with E-state index >= 15 is 0 Å². The fourth-order valence-corrected chi connectivity index (χ4v) is 6.64. The van der Waals surface area contributed by atoms with Crippen LogP contribution in [0.5, 0.6) is 0 Å². The molecular formula is C27H29N7O2S. The molecule has 37 heavy (non-hydrogen) atoms. The van der Waals surface area contributed by atoms with E-state index in [9.17, 15) is 9.00 Å². The van der Waals surface area contributed by atoms with Gasteiger partial charge in [-0.2, -0.15) is 5.10 Å². The van der Waals surface area contributed by atoms with Gasteiger partial charge in [0.25, 0.3) is 5.56 Å². The summed E-state index contributed by atoms with van der Waals surface area (Å²) in [6.07, 6.45) is 1.99. The van der Waals surface area contributed by atoms with E-state index in [1.807, 2.05) is 66.9 Å². The third-order valence-electron chi connectivity index (χ3n) is 7.07. The number of piperidine rings is 1. The highest BCUT2D eigenvalue weighted by molar-refractivity contribution is 7.85. The SMILES string of the molecule is CCn1c(N2CCCC(N)C2)nc2c(C)nn(CC3=Nc4ccccc4S(=O)c4ccccc43)c(=O)c21. The zero-order valence-corrected chi connectivity index (χ0v) is 21.7. The second-order valence-electron chi connectivity index (χ2n) is 9.54. The molecule has 4 aromatic rings. The summed E-state index contributed by atoms with van der Waals surface area (Å²) in [5.74, 6) is 0.772. The molecule has 4 heterocycles. The van der Waals surface area contributed by atoms with Gasteiger partial charge in [-0.25, -0.2) is 18.9 Å². The summed E-state index contributed by atoms with van der Waals surface area (Å²) in [6.45, 7) is 6.23. The molecule has 0 bridgehead atoms. The summed E-state index contributed by atoms with van der Waals surface area (Å²) in [7, 11) is -1.38. The molecule has 2 unspecified atom stereocenters. The Bertz CT molecular complexity index is 1640. The van der Waals surface area contributed by atoms with E-state index in [1.165, 1.54) is 4.68 Å². The number of anilines is 1. The van der Waals surface area contributed by atoms with Crippen molar-refractivity contribution in [1.82, 2.24) is 19.3 Å². The first-order valence-corrected chi connectivity index (χ1v) is 13.8. The van der Waals surface area contributed by atoms with Crippen molar-refractivity contribution in [3.63, 3.8) is 0 Å². The Morgan fingerprint density at radius 3 is 2.65 bits per heavy atom. The van der Waals surface area contributed by atoms with Gasteiger partial charge in [-0.05, 0) is 44.9 Å². The number of nitrogens with two attached hydrogens (primary N) is 1. The Morgan fingerprint density at radius 2 is 1.86 bits per heavy atom. The molecule has 10 heteroatoms. The summed E-state index contributed by atoms with van der Waals surface area (Å²) < 4.78 is 16.9. The van der Waals surface area contributed by atoms with Gasteiger partial charge in [0.2, 0.25) is 5.95 Å². The Balaban J connectivity index is 1.50. The zero-order chi connectivity index (χ0) is 25.7. The number of hydrogen-bond donors (Lipinski definition) is 1. The highest BCUT2D eigenvalue weighted by Gasteiger charge is 2.27. The highest BCUT2D eigenvalue weighted by atomic mass is 32.2. The molecule has 2 aliphatic rings. The third kappa shape index (κ3) is 4.00. The maximum atomic E-state index is 13.9. The monoisotopic (exact) mass is 515 g/mol. The van der Waals surface area contributed by atoms with Gasteiger partial charge in [0.05, 0.1) is 44.2 Å². The predicted octanol–water partition coefficient (Wildman–Crippen LogP) is 3.15. The van der Waals surface area contributed by atoms with Crippen LogP contribution in [0.2, 0.25) is 0 Å². The summed E-state index contributed by atoms with van der Waals surface area (Å²) >= 11 is 0. The summed E-state index contributed by atoms with van der Waals surface area (Å²) in [5.41, 5.74) is 9.90. The number of hydrogen-bond acceptors (Lipinski definition) is 7. The summed E-state index contributed by atoms with van der Waals surface area (Å²) in [6, 6.07) is 15.1. The van der Waals surface area contributed by atoms with Gasteiger partial charge >= 0.3 is 0 Å². The van der Waals surface area contributed by atoms with Crippen LogP contribution in [-0.2, 0) is 23.9 Å². The fourth-order valence-electron chi connectivity index (χ4n) is 5.31. The lowest BCUT2D eigenvalue weighted by Crippen LogP contribution is -2.44. The minimum absolute atomic E-state index is 0.0940. The number of aliphatic imine (C=N–C) groups is 1. The molecule has 1 saturated heterocycles. The Labute approximate surface area is 217 Å². The lowest BCUT2D eigenvalue weighted by molar-refractivity contribution is 0.494. The van der Waals surface area contributed by atoms with Gasteiger partial charge in [-0.1, -0.05) is 30.3 Å². The number of aryl methyl sites for hydroxylation is 2. The Kier molecular flexibility index (Phi) is 6.00. The lowest BCUT2D eigenvalue weighted by atomic mass is 10.1. The van der Waals surface area contributed by atoms with Crippen molar-refractivity contribution < 1.29 is 4.21 Å². The normalized spacial score (nSPS) is 19.3. The first-order chi connectivity index (χ1) is 18.0. The van der Waals surface area contributed by atoms with Crippen LogP contribution in [0.4, 0.5) is 11.6 Å². The quantitative estimate of drug-likeness (QED) is 0.447. The van der Waals surface area contributed by atoms with E-state index in [1.54, 1.807) is 0 Å². The van der Waals surface area contributed by atoms with Crippen LogP contribution in [0.1, 0.15) is 31.0 Å². The molecular weight excluding hydrogens is 486 g/mol. The molecule has 0 amide bonds. The standard InChI is InChI=1S/C27H29N7O2S/c1-3-33-25-24(30-27(33)32-14-8-9-18(28)15-32)17(2)31-34(26(25)35)16-21-19-10-4-6-12-22(19)37(36)23-13-7-5-11-20(23)29-21/h4-7,10-13,18H,3,8-9,14-16,28H2,1-2H3. The molecule has 6 rings (SSSR count). The van der Waals surface area contributed by atoms with Crippen molar-refractivity contribution in [2.24, 2.45) is 10.7 Å². The number of benzene rings is 2. The van der Waals surface area contributed by atoms with Gasteiger partial charge in [0.1, 0.15) is 11.0 Å². The Morgan fingerprint density at radius 1 is 1.11 bits per heavy atom. The topological polar surface area (TPSA) is 111 Å². The highest BCUT2D eigenvalue weighted by Crippen LogP contribution is 2.33. The lowest BCUT2D eigenvalue weighted by Gasteiger charge is -2.31. The van der Waals surface area contributed by atoms with Crippen molar-refractivity contribution in [1.29, 1.82) is 0 Å². The van der Waals surface area contributed by atoms with Crippen molar-refractivity contribution >= 4 is 39.2 Å². The third-order valence-corrected chi connectivity index (χ3v) is 8.57.